The average molecular weight is 351 g/mol. The Labute approximate surface area is 145 Å². The van der Waals surface area contributed by atoms with Crippen LogP contribution in [-0.4, -0.2) is 38.5 Å². The van der Waals surface area contributed by atoms with Crippen molar-refractivity contribution in [2.45, 2.75) is 43.6 Å². The van der Waals surface area contributed by atoms with E-state index in [0.29, 0.717) is 29.6 Å². The Balaban J connectivity index is 2.34. The molecule has 130 valence electrons. The molecule has 2 aromatic rings. The summed E-state index contributed by atoms with van der Waals surface area (Å²) in [6.07, 6.45) is 0.467. The Kier molecular flexibility index (Phi) is 6.33. The average Bonchev–Trinajstić information content (AvgIpc) is 2.90. The molecule has 0 spiro atoms. The first kappa shape index (κ1) is 18.4. The smallest absolute Gasteiger partial charge is 0.233 e. The normalized spacial score (nSPS) is 12.4. The number of nitrogens with zero attached hydrogens (tertiary/aromatic N) is 3. The molecule has 8 heteroatoms. The third kappa shape index (κ3) is 4.33. The number of para-hydroxylation sites is 1. The van der Waals surface area contributed by atoms with Crippen molar-refractivity contribution in [2.24, 2.45) is 5.73 Å². The summed E-state index contributed by atoms with van der Waals surface area (Å²) in [4.78, 5) is 12.1. The summed E-state index contributed by atoms with van der Waals surface area (Å²) in [5.74, 6) is 0.0942. The summed E-state index contributed by atoms with van der Waals surface area (Å²) in [5.41, 5.74) is 5.97. The van der Waals surface area contributed by atoms with Gasteiger partial charge in [-0.2, -0.15) is 0 Å². The largest absolute Gasteiger partial charge is 0.353 e. The van der Waals surface area contributed by atoms with Crippen LogP contribution in [0.2, 0.25) is 0 Å². The highest BCUT2D eigenvalue weighted by Crippen LogP contribution is 2.27. The Morgan fingerprint density at radius 2 is 2.04 bits per heavy atom. The molecule has 3 N–H and O–H groups in total. The van der Waals surface area contributed by atoms with Gasteiger partial charge in [0.2, 0.25) is 5.91 Å². The molecule has 0 radical (unpaired) electrons. The Hall–Kier alpha value is -1.93. The summed E-state index contributed by atoms with van der Waals surface area (Å²) < 4.78 is 15.9. The fourth-order valence-corrected chi connectivity index (χ4v) is 3.04. The van der Waals surface area contributed by atoms with Crippen LogP contribution in [0.1, 0.15) is 26.6 Å². The molecule has 0 aliphatic heterocycles. The zero-order valence-electron chi connectivity index (χ0n) is 14.0. The number of carbonyl (C=O) groups excluding carboxylic acids is 1. The maximum absolute atomic E-state index is 14.2. The summed E-state index contributed by atoms with van der Waals surface area (Å²) in [6, 6.07) is 6.45. The van der Waals surface area contributed by atoms with E-state index < -0.39 is 0 Å². The first-order chi connectivity index (χ1) is 11.4. The van der Waals surface area contributed by atoms with Crippen molar-refractivity contribution in [3.8, 4) is 5.69 Å². The number of hydrogen-bond acceptors (Lipinski definition) is 5. The molecule has 0 saturated heterocycles. The van der Waals surface area contributed by atoms with E-state index in [9.17, 15) is 9.18 Å². The van der Waals surface area contributed by atoms with Crippen LogP contribution in [-0.2, 0) is 11.2 Å². The van der Waals surface area contributed by atoms with Crippen LogP contribution >= 0.6 is 11.8 Å². The molecule has 1 atom stereocenters. The van der Waals surface area contributed by atoms with E-state index >= 15 is 0 Å². The van der Waals surface area contributed by atoms with Crippen LogP contribution in [0.15, 0.2) is 29.4 Å². The first-order valence-electron chi connectivity index (χ1n) is 7.80. The highest BCUT2D eigenvalue weighted by molar-refractivity contribution is 8.00. The number of hydrogen-bond donors (Lipinski definition) is 2. The van der Waals surface area contributed by atoms with Gasteiger partial charge in [0.05, 0.1) is 10.9 Å². The van der Waals surface area contributed by atoms with Crippen LogP contribution in [0.3, 0.4) is 0 Å². The molecule has 0 aliphatic rings. The number of thioether (sulfide) groups is 1. The molecule has 1 amide bonds. The van der Waals surface area contributed by atoms with Crippen LogP contribution in [0, 0.1) is 5.82 Å². The van der Waals surface area contributed by atoms with Crippen molar-refractivity contribution in [3.05, 3.63) is 35.9 Å². The van der Waals surface area contributed by atoms with Gasteiger partial charge in [-0.25, -0.2) is 4.39 Å². The van der Waals surface area contributed by atoms with Crippen molar-refractivity contribution >= 4 is 17.7 Å². The van der Waals surface area contributed by atoms with Crippen molar-refractivity contribution in [1.29, 1.82) is 0 Å². The topological polar surface area (TPSA) is 85.8 Å². The number of amides is 1. The zero-order valence-corrected chi connectivity index (χ0v) is 14.8. The van der Waals surface area contributed by atoms with Crippen LogP contribution in [0.25, 0.3) is 5.69 Å². The number of aromatic nitrogens is 3. The summed E-state index contributed by atoms with van der Waals surface area (Å²) in [5, 5.41) is 11.2. The van der Waals surface area contributed by atoms with Crippen LogP contribution in [0.5, 0.6) is 0 Å². The Morgan fingerprint density at radius 3 is 2.67 bits per heavy atom. The highest BCUT2D eigenvalue weighted by atomic mass is 32.2. The Morgan fingerprint density at radius 1 is 1.33 bits per heavy atom. The minimum Gasteiger partial charge on any atom is -0.353 e. The van der Waals surface area contributed by atoms with Gasteiger partial charge >= 0.3 is 0 Å². The number of halogens is 1. The second-order valence-electron chi connectivity index (χ2n) is 5.65. The fourth-order valence-electron chi connectivity index (χ4n) is 2.16. The monoisotopic (exact) mass is 351 g/mol. The van der Waals surface area contributed by atoms with E-state index in [1.807, 2.05) is 13.8 Å². The zero-order chi connectivity index (χ0) is 17.7. The molecule has 2 rings (SSSR count). The van der Waals surface area contributed by atoms with E-state index in [0.717, 1.165) is 0 Å². The number of carbonyl (C=O) groups is 1. The van der Waals surface area contributed by atoms with E-state index in [1.165, 1.54) is 17.8 Å². The molecule has 0 fully saturated rings. The molecule has 24 heavy (non-hydrogen) atoms. The number of nitrogens with two attached hydrogens (primary N) is 1. The van der Waals surface area contributed by atoms with Gasteiger partial charge in [0.1, 0.15) is 11.6 Å². The van der Waals surface area contributed by atoms with Crippen LogP contribution < -0.4 is 11.1 Å². The minimum absolute atomic E-state index is 0.0535. The number of rotatable bonds is 7. The second kappa shape index (κ2) is 8.25. The third-order valence-electron chi connectivity index (χ3n) is 3.24. The lowest BCUT2D eigenvalue weighted by molar-refractivity contribution is -0.120. The minimum atomic E-state index is -0.382. The van der Waals surface area contributed by atoms with Crippen molar-refractivity contribution < 1.29 is 9.18 Å². The molecule has 0 bridgehead atoms. The summed E-state index contributed by atoms with van der Waals surface area (Å²) >= 11 is 1.24. The third-order valence-corrected chi connectivity index (χ3v) is 4.29. The van der Waals surface area contributed by atoms with Gasteiger partial charge < -0.3 is 11.1 Å². The summed E-state index contributed by atoms with van der Waals surface area (Å²) in [7, 11) is 0. The molecular formula is C16H22FN5OS. The number of benzene rings is 1. The van der Waals surface area contributed by atoms with Gasteiger partial charge in [0.25, 0.3) is 0 Å². The van der Waals surface area contributed by atoms with Gasteiger partial charge in [-0.05, 0) is 39.4 Å². The lowest BCUT2D eigenvalue weighted by Crippen LogP contribution is -2.36. The predicted molar refractivity (Wildman–Crippen MR) is 92.7 cm³/mol. The molecular weight excluding hydrogens is 329 g/mol. The molecule has 0 unspecified atom stereocenters. The maximum atomic E-state index is 14.2. The molecule has 1 aromatic heterocycles. The van der Waals surface area contributed by atoms with E-state index in [4.69, 9.17) is 5.73 Å². The van der Waals surface area contributed by atoms with E-state index in [-0.39, 0.29) is 23.0 Å². The lowest BCUT2D eigenvalue weighted by Gasteiger charge is -2.15. The van der Waals surface area contributed by atoms with Crippen LogP contribution in [0.4, 0.5) is 4.39 Å². The standard InChI is InChI=1S/C16H22FN5OS/c1-10(2)19-15(23)11(3)24-16-21-20-14(8-9-18)22(16)13-7-5-4-6-12(13)17/h4-7,10-11H,8-9,18H2,1-3H3,(H,19,23)/t11-/m1/s1. The molecule has 0 aliphatic carbocycles. The van der Waals surface area contributed by atoms with Gasteiger partial charge in [0, 0.05) is 12.5 Å². The molecule has 1 aromatic carbocycles. The van der Waals surface area contributed by atoms with E-state index in [2.05, 4.69) is 15.5 Å². The predicted octanol–water partition coefficient (Wildman–Crippen LogP) is 1.91. The Bertz CT molecular complexity index is 704. The SMILES string of the molecule is CC(C)NC(=O)[C@@H](C)Sc1nnc(CCN)n1-c1ccccc1F. The maximum Gasteiger partial charge on any atom is 0.233 e. The second-order valence-corrected chi connectivity index (χ2v) is 6.96. The molecule has 6 nitrogen and oxygen atoms in total. The quantitative estimate of drug-likeness (QED) is 0.744. The van der Waals surface area contributed by atoms with Crippen molar-refractivity contribution in [1.82, 2.24) is 20.1 Å². The fraction of sp³-hybridized carbons (Fsp3) is 0.438. The van der Waals surface area contributed by atoms with Gasteiger partial charge in [-0.15, -0.1) is 10.2 Å². The van der Waals surface area contributed by atoms with Crippen molar-refractivity contribution in [3.63, 3.8) is 0 Å². The highest BCUT2D eigenvalue weighted by Gasteiger charge is 2.22. The first-order valence-corrected chi connectivity index (χ1v) is 8.68. The van der Waals surface area contributed by atoms with Gasteiger partial charge in [0.15, 0.2) is 5.16 Å². The van der Waals surface area contributed by atoms with Gasteiger partial charge in [-0.1, -0.05) is 23.9 Å². The van der Waals surface area contributed by atoms with Gasteiger partial charge in [-0.3, -0.25) is 9.36 Å². The lowest BCUT2D eigenvalue weighted by atomic mass is 10.3. The summed E-state index contributed by atoms with van der Waals surface area (Å²) in [6.45, 7) is 5.96. The molecule has 1 heterocycles. The molecule has 0 saturated carbocycles. The van der Waals surface area contributed by atoms with Crippen molar-refractivity contribution in [2.75, 3.05) is 6.54 Å². The van der Waals surface area contributed by atoms with E-state index in [1.54, 1.807) is 29.7 Å². The number of nitrogens with one attached hydrogen (secondary N) is 1.